The number of furan rings is 1. The highest BCUT2D eigenvalue weighted by Gasteiger charge is 2.15. The molecule has 0 aliphatic heterocycles. The van der Waals surface area contributed by atoms with E-state index >= 15 is 0 Å². The largest absolute Gasteiger partial charge is 0.485 e. The summed E-state index contributed by atoms with van der Waals surface area (Å²) in [7, 11) is 0. The maximum atomic E-state index is 12.2. The summed E-state index contributed by atoms with van der Waals surface area (Å²) in [5.41, 5.74) is 6.22. The van der Waals surface area contributed by atoms with Crippen molar-refractivity contribution in [3.05, 3.63) is 99.9 Å². The molecule has 0 bridgehead atoms. The third-order valence-electron chi connectivity index (χ3n) is 4.42. The first-order valence-electron chi connectivity index (χ1n) is 9.21. The van der Waals surface area contributed by atoms with Gasteiger partial charge >= 0.3 is 5.97 Å². The number of fused-ring (bicyclic) bond motifs is 1. The van der Waals surface area contributed by atoms with Crippen molar-refractivity contribution in [3.8, 4) is 5.75 Å². The van der Waals surface area contributed by atoms with E-state index in [1.54, 1.807) is 18.2 Å². The van der Waals surface area contributed by atoms with E-state index in [1.807, 2.05) is 42.5 Å². The van der Waals surface area contributed by atoms with Crippen molar-refractivity contribution in [1.82, 2.24) is 0 Å². The molecule has 0 spiro atoms. The highest BCUT2D eigenvalue weighted by Crippen LogP contribution is 2.26. The standard InChI is InChI=1S/C23H16Cl2N2O4/c24-15-8-10-18(19(25)12-15)22(26)27-31-23(28)21-11-9-16(30-21)13-29-20-7-3-5-14-4-1-2-6-17(14)20/h1-12H,13H2,(H2,26,27). The van der Waals surface area contributed by atoms with Gasteiger partial charge in [-0.3, -0.25) is 0 Å². The van der Waals surface area contributed by atoms with Gasteiger partial charge in [0, 0.05) is 16.0 Å². The molecule has 0 unspecified atom stereocenters. The first-order chi connectivity index (χ1) is 15.0. The van der Waals surface area contributed by atoms with E-state index < -0.39 is 5.97 Å². The Morgan fingerprint density at radius 1 is 1.00 bits per heavy atom. The van der Waals surface area contributed by atoms with Gasteiger partial charge in [0.05, 0.1) is 5.02 Å². The summed E-state index contributed by atoms with van der Waals surface area (Å²) in [6.07, 6.45) is 0. The molecule has 0 fully saturated rings. The zero-order chi connectivity index (χ0) is 21.8. The van der Waals surface area contributed by atoms with Gasteiger partial charge in [0.25, 0.3) is 0 Å². The highest BCUT2D eigenvalue weighted by atomic mass is 35.5. The van der Waals surface area contributed by atoms with Crippen molar-refractivity contribution in [1.29, 1.82) is 0 Å². The van der Waals surface area contributed by atoms with Crippen LogP contribution in [0.4, 0.5) is 0 Å². The van der Waals surface area contributed by atoms with Crippen molar-refractivity contribution in [2.24, 2.45) is 10.9 Å². The molecule has 0 amide bonds. The van der Waals surface area contributed by atoms with E-state index in [-0.39, 0.29) is 23.2 Å². The Kier molecular flexibility index (Phi) is 6.11. The fourth-order valence-electron chi connectivity index (χ4n) is 2.92. The van der Waals surface area contributed by atoms with Crippen molar-refractivity contribution in [3.63, 3.8) is 0 Å². The minimum Gasteiger partial charge on any atom is -0.485 e. The van der Waals surface area contributed by atoms with Gasteiger partial charge in [-0.25, -0.2) is 4.79 Å². The summed E-state index contributed by atoms with van der Waals surface area (Å²) in [5, 5.41) is 6.42. The third-order valence-corrected chi connectivity index (χ3v) is 4.96. The van der Waals surface area contributed by atoms with Crippen LogP contribution in [-0.2, 0) is 11.4 Å². The van der Waals surface area contributed by atoms with Crippen LogP contribution in [-0.4, -0.2) is 11.8 Å². The van der Waals surface area contributed by atoms with E-state index in [9.17, 15) is 4.79 Å². The van der Waals surface area contributed by atoms with Crippen molar-refractivity contribution in [2.75, 3.05) is 0 Å². The maximum Gasteiger partial charge on any atom is 0.400 e. The quantitative estimate of drug-likeness (QED) is 0.172. The van der Waals surface area contributed by atoms with Crippen LogP contribution in [0.15, 0.2) is 82.4 Å². The molecule has 2 N–H and O–H groups in total. The van der Waals surface area contributed by atoms with Crippen molar-refractivity contribution >= 4 is 45.8 Å². The first kappa shape index (κ1) is 20.8. The van der Waals surface area contributed by atoms with Crippen LogP contribution < -0.4 is 10.5 Å². The summed E-state index contributed by atoms with van der Waals surface area (Å²) in [5.74, 6) is 0.272. The van der Waals surface area contributed by atoms with E-state index in [4.69, 9.17) is 42.9 Å². The van der Waals surface area contributed by atoms with E-state index in [2.05, 4.69) is 5.16 Å². The molecule has 1 heterocycles. The second-order valence-corrected chi connectivity index (χ2v) is 7.35. The van der Waals surface area contributed by atoms with Crippen LogP contribution >= 0.6 is 23.2 Å². The number of amidine groups is 1. The van der Waals surface area contributed by atoms with E-state index in [0.29, 0.717) is 16.3 Å². The molecule has 0 radical (unpaired) electrons. The van der Waals surface area contributed by atoms with Gasteiger partial charge in [-0.1, -0.05) is 64.8 Å². The van der Waals surface area contributed by atoms with Crippen LogP contribution in [0, 0.1) is 0 Å². The molecule has 0 saturated carbocycles. The molecule has 4 rings (SSSR count). The molecule has 0 atom stereocenters. The molecule has 0 aliphatic carbocycles. The summed E-state index contributed by atoms with van der Waals surface area (Å²) < 4.78 is 11.4. The van der Waals surface area contributed by atoms with Gasteiger partial charge < -0.3 is 19.7 Å². The Hall–Kier alpha value is -3.48. The lowest BCUT2D eigenvalue weighted by Gasteiger charge is -2.07. The lowest BCUT2D eigenvalue weighted by atomic mass is 10.1. The number of hydrogen-bond donors (Lipinski definition) is 1. The number of rotatable bonds is 6. The molecule has 6 nitrogen and oxygen atoms in total. The Bertz CT molecular complexity index is 1280. The molecule has 0 aliphatic rings. The first-order valence-corrected chi connectivity index (χ1v) is 9.96. The maximum absolute atomic E-state index is 12.2. The van der Waals surface area contributed by atoms with Crippen LogP contribution in [0.3, 0.4) is 0 Å². The molecule has 4 aromatic rings. The third kappa shape index (κ3) is 4.82. The Morgan fingerprint density at radius 2 is 1.81 bits per heavy atom. The van der Waals surface area contributed by atoms with Gasteiger partial charge in [0.15, 0.2) is 5.84 Å². The number of nitrogens with zero attached hydrogens (tertiary/aromatic N) is 1. The number of halogens is 2. The average Bonchev–Trinajstić information content (AvgIpc) is 3.25. The van der Waals surface area contributed by atoms with Crippen LogP contribution in [0.1, 0.15) is 21.9 Å². The SMILES string of the molecule is N/C(=N\OC(=O)c1ccc(COc2cccc3ccccc23)o1)c1ccc(Cl)cc1Cl. The van der Waals surface area contributed by atoms with E-state index in [1.165, 1.54) is 12.1 Å². The summed E-state index contributed by atoms with van der Waals surface area (Å²) in [4.78, 5) is 17.1. The second-order valence-electron chi connectivity index (χ2n) is 6.51. The monoisotopic (exact) mass is 454 g/mol. The lowest BCUT2D eigenvalue weighted by Crippen LogP contribution is -2.15. The number of benzene rings is 3. The number of carbonyl (C=O) groups excluding carboxylic acids is 1. The summed E-state index contributed by atoms with van der Waals surface area (Å²) in [6, 6.07) is 21.5. The van der Waals surface area contributed by atoms with Crippen LogP contribution in [0.25, 0.3) is 10.8 Å². The smallest absolute Gasteiger partial charge is 0.400 e. The van der Waals surface area contributed by atoms with Gasteiger partial charge in [-0.2, -0.15) is 0 Å². The lowest BCUT2D eigenvalue weighted by molar-refractivity contribution is 0.0475. The summed E-state index contributed by atoms with van der Waals surface area (Å²) in [6.45, 7) is 0.146. The summed E-state index contributed by atoms with van der Waals surface area (Å²) >= 11 is 11.9. The fraction of sp³-hybridized carbons (Fsp3) is 0.0435. The molecular formula is C23H16Cl2N2O4. The van der Waals surface area contributed by atoms with Crippen LogP contribution in [0.2, 0.25) is 10.0 Å². The van der Waals surface area contributed by atoms with Crippen LogP contribution in [0.5, 0.6) is 5.75 Å². The van der Waals surface area contributed by atoms with Crippen molar-refractivity contribution < 1.29 is 18.8 Å². The topological polar surface area (TPSA) is 87.1 Å². The number of oxime groups is 1. The number of hydrogen-bond acceptors (Lipinski definition) is 5. The minimum absolute atomic E-state index is 0.0322. The van der Waals surface area contributed by atoms with E-state index in [0.717, 1.165) is 16.5 Å². The van der Waals surface area contributed by atoms with Gasteiger partial charge in [-0.15, -0.1) is 0 Å². The average molecular weight is 455 g/mol. The zero-order valence-electron chi connectivity index (χ0n) is 16.0. The number of ether oxygens (including phenoxy) is 1. The normalized spacial score (nSPS) is 11.5. The van der Waals surface area contributed by atoms with Gasteiger partial charge in [0.2, 0.25) is 5.76 Å². The molecular weight excluding hydrogens is 439 g/mol. The zero-order valence-corrected chi connectivity index (χ0v) is 17.6. The highest BCUT2D eigenvalue weighted by molar-refractivity contribution is 6.36. The Balaban J connectivity index is 1.40. The van der Waals surface area contributed by atoms with Gasteiger partial charge in [-0.05, 0) is 41.8 Å². The molecule has 8 heteroatoms. The predicted octanol–water partition coefficient (Wildman–Crippen LogP) is 5.80. The Morgan fingerprint density at radius 3 is 2.65 bits per heavy atom. The second kappa shape index (κ2) is 9.12. The fourth-order valence-corrected chi connectivity index (χ4v) is 3.42. The van der Waals surface area contributed by atoms with Gasteiger partial charge in [0.1, 0.15) is 18.1 Å². The molecule has 31 heavy (non-hydrogen) atoms. The predicted molar refractivity (Wildman–Crippen MR) is 120 cm³/mol. The Labute approximate surface area is 187 Å². The molecule has 0 saturated heterocycles. The molecule has 156 valence electrons. The number of nitrogens with two attached hydrogens (primary N) is 1. The molecule has 3 aromatic carbocycles. The number of carbonyl (C=O) groups is 1. The molecule has 1 aromatic heterocycles. The van der Waals surface area contributed by atoms with Crippen molar-refractivity contribution in [2.45, 2.75) is 6.61 Å². The minimum atomic E-state index is -0.801.